The van der Waals surface area contributed by atoms with E-state index in [0.29, 0.717) is 35.4 Å². The van der Waals surface area contributed by atoms with Crippen LogP contribution in [0.4, 0.5) is 0 Å². The van der Waals surface area contributed by atoms with Gasteiger partial charge in [0.15, 0.2) is 5.16 Å². The number of nitrogens with zero attached hydrogens (tertiary/aromatic N) is 5. The number of hydrogen-bond acceptors (Lipinski definition) is 7. The second kappa shape index (κ2) is 10.1. The van der Waals surface area contributed by atoms with Crippen molar-refractivity contribution in [3.05, 3.63) is 65.0 Å². The summed E-state index contributed by atoms with van der Waals surface area (Å²) in [6.45, 7) is 4.58. The molecule has 0 aliphatic heterocycles. The van der Waals surface area contributed by atoms with E-state index < -0.39 is 0 Å². The van der Waals surface area contributed by atoms with Gasteiger partial charge in [0.25, 0.3) is 5.56 Å². The normalized spacial score (nSPS) is 20.6. The monoisotopic (exact) mass is 475 g/mol. The summed E-state index contributed by atoms with van der Waals surface area (Å²) >= 11 is 1.65. The van der Waals surface area contributed by atoms with Gasteiger partial charge in [-0.1, -0.05) is 55.7 Å². The lowest BCUT2D eigenvalue weighted by atomic mass is 9.78. The van der Waals surface area contributed by atoms with E-state index >= 15 is 0 Å². The van der Waals surface area contributed by atoms with E-state index in [2.05, 4.69) is 29.0 Å². The van der Waals surface area contributed by atoms with Crippen LogP contribution in [0.1, 0.15) is 51.5 Å². The minimum atomic E-state index is 0.0814. The minimum absolute atomic E-state index is 0.0814. The number of fused-ring (bicyclic) bond motifs is 1. The maximum atomic E-state index is 13.6. The van der Waals surface area contributed by atoms with Gasteiger partial charge >= 0.3 is 0 Å². The fourth-order valence-electron chi connectivity index (χ4n) is 4.80. The van der Waals surface area contributed by atoms with E-state index in [1.54, 1.807) is 24.2 Å². The summed E-state index contributed by atoms with van der Waals surface area (Å²) in [6, 6.07) is 11.6. The quantitative estimate of drug-likeness (QED) is 0.196. The number of aromatic nitrogens is 5. The molecule has 0 N–H and O–H groups in total. The van der Waals surface area contributed by atoms with Gasteiger partial charge in [0.2, 0.25) is 11.7 Å². The van der Waals surface area contributed by atoms with E-state index in [4.69, 9.17) is 9.51 Å². The first-order chi connectivity index (χ1) is 16.6. The molecule has 1 fully saturated rings. The van der Waals surface area contributed by atoms with Crippen molar-refractivity contribution in [3.8, 4) is 11.4 Å². The molecule has 176 valence electrons. The first-order valence-electron chi connectivity index (χ1n) is 12.0. The number of thioether (sulfide) groups is 1. The second-order valence-electron chi connectivity index (χ2n) is 9.12. The van der Waals surface area contributed by atoms with Gasteiger partial charge in [0, 0.05) is 36.2 Å². The Kier molecular flexibility index (Phi) is 6.76. The molecule has 1 aliphatic carbocycles. The Hall–Kier alpha value is -3.00. The topological polar surface area (TPSA) is 86.7 Å². The summed E-state index contributed by atoms with van der Waals surface area (Å²) in [6.07, 6.45) is 8.36. The van der Waals surface area contributed by atoms with Crippen LogP contribution in [0.3, 0.4) is 0 Å². The summed E-state index contributed by atoms with van der Waals surface area (Å²) in [7, 11) is 0. The molecule has 0 radical (unpaired) electrons. The molecule has 1 aliphatic rings. The highest BCUT2D eigenvalue weighted by atomic mass is 32.2. The second-order valence-corrected chi connectivity index (χ2v) is 10.2. The van der Waals surface area contributed by atoms with Crippen LogP contribution < -0.4 is 5.56 Å². The Bertz CT molecular complexity index is 1320. The van der Waals surface area contributed by atoms with E-state index in [-0.39, 0.29) is 11.6 Å². The summed E-state index contributed by atoms with van der Waals surface area (Å²) in [5.74, 6) is 3.05. The van der Waals surface area contributed by atoms with Gasteiger partial charge in [-0.05, 0) is 48.9 Å². The molecule has 3 aromatic heterocycles. The molecular weight excluding hydrogens is 446 g/mol. The zero-order valence-corrected chi connectivity index (χ0v) is 20.4. The van der Waals surface area contributed by atoms with Crippen molar-refractivity contribution in [1.82, 2.24) is 24.7 Å². The number of pyridine rings is 1. The molecule has 34 heavy (non-hydrogen) atoms. The third kappa shape index (κ3) is 4.64. The zero-order valence-electron chi connectivity index (χ0n) is 19.6. The van der Waals surface area contributed by atoms with Crippen molar-refractivity contribution in [1.29, 1.82) is 0 Å². The average Bonchev–Trinajstić information content (AvgIpc) is 3.34. The maximum Gasteiger partial charge on any atom is 0.262 e. The van der Waals surface area contributed by atoms with Gasteiger partial charge in [-0.25, -0.2) is 4.98 Å². The molecule has 0 bridgehead atoms. The lowest BCUT2D eigenvalue weighted by molar-refractivity contribution is 0.173. The molecule has 4 aromatic rings. The molecule has 0 amide bonds. The van der Waals surface area contributed by atoms with Crippen LogP contribution in [0.2, 0.25) is 0 Å². The van der Waals surface area contributed by atoms with Crippen molar-refractivity contribution in [2.45, 2.75) is 57.1 Å². The lowest BCUT2D eigenvalue weighted by Crippen LogP contribution is -2.35. The van der Waals surface area contributed by atoms with E-state index in [1.165, 1.54) is 6.42 Å². The number of hydrogen-bond donors (Lipinski definition) is 0. The fraction of sp³-hybridized carbons (Fsp3) is 0.423. The van der Waals surface area contributed by atoms with Gasteiger partial charge in [0.1, 0.15) is 0 Å². The third-order valence-corrected chi connectivity index (χ3v) is 7.98. The Labute approximate surface area is 203 Å². The van der Waals surface area contributed by atoms with Crippen molar-refractivity contribution in [2.24, 2.45) is 11.8 Å². The first kappa shape index (κ1) is 22.8. The molecule has 1 aromatic carbocycles. The minimum Gasteiger partial charge on any atom is -0.339 e. The standard InChI is InChI=1S/C26H29N5O2S/c1-17-7-5-10-22(18(17)2)31-25(32)20-8-3-4-9-21(20)28-26(31)34-16-6-11-23-29-24(30-33-23)19-12-14-27-15-13-19/h3-4,8-9,12-15,17-18,22H,5-7,10-11,16H2,1-2H3. The van der Waals surface area contributed by atoms with Gasteiger partial charge < -0.3 is 4.52 Å². The predicted molar refractivity (Wildman–Crippen MR) is 134 cm³/mol. The SMILES string of the molecule is CC1CCCC(n2c(SCCCc3nc(-c4ccncc4)no3)nc3ccccc3c2=O)C1C. The highest BCUT2D eigenvalue weighted by Crippen LogP contribution is 2.38. The van der Waals surface area contributed by atoms with E-state index in [0.717, 1.165) is 41.3 Å². The summed E-state index contributed by atoms with van der Waals surface area (Å²) < 4.78 is 7.42. The number of benzene rings is 1. The van der Waals surface area contributed by atoms with Crippen LogP contribution in [0, 0.1) is 11.8 Å². The Morgan fingerprint density at radius 2 is 1.91 bits per heavy atom. The number of rotatable bonds is 7. The highest BCUT2D eigenvalue weighted by molar-refractivity contribution is 7.99. The third-order valence-electron chi connectivity index (χ3n) is 6.94. The van der Waals surface area contributed by atoms with Gasteiger partial charge in [-0.3, -0.25) is 14.3 Å². The Morgan fingerprint density at radius 1 is 1.09 bits per heavy atom. The number of para-hydroxylation sites is 1. The lowest BCUT2D eigenvalue weighted by Gasteiger charge is -2.36. The van der Waals surface area contributed by atoms with Gasteiger partial charge in [0.05, 0.1) is 10.9 Å². The van der Waals surface area contributed by atoms with Crippen LogP contribution in [-0.4, -0.2) is 30.4 Å². The smallest absolute Gasteiger partial charge is 0.262 e. The van der Waals surface area contributed by atoms with Crippen LogP contribution >= 0.6 is 11.8 Å². The van der Waals surface area contributed by atoms with E-state index in [1.807, 2.05) is 41.0 Å². The highest BCUT2D eigenvalue weighted by Gasteiger charge is 2.31. The molecule has 3 unspecified atom stereocenters. The zero-order chi connectivity index (χ0) is 23.5. The van der Waals surface area contributed by atoms with Gasteiger partial charge in [-0.2, -0.15) is 4.98 Å². The van der Waals surface area contributed by atoms with Crippen LogP contribution in [0.5, 0.6) is 0 Å². The summed E-state index contributed by atoms with van der Waals surface area (Å²) in [5.41, 5.74) is 1.74. The molecule has 8 heteroatoms. The fourth-order valence-corrected chi connectivity index (χ4v) is 5.79. The van der Waals surface area contributed by atoms with Crippen molar-refractivity contribution >= 4 is 22.7 Å². The molecule has 1 saturated carbocycles. The van der Waals surface area contributed by atoms with Crippen LogP contribution in [0.25, 0.3) is 22.3 Å². The first-order valence-corrected chi connectivity index (χ1v) is 13.0. The summed E-state index contributed by atoms with van der Waals surface area (Å²) in [5, 5.41) is 5.60. The molecular formula is C26H29N5O2S. The molecule has 0 spiro atoms. The molecule has 7 nitrogen and oxygen atoms in total. The predicted octanol–water partition coefficient (Wildman–Crippen LogP) is 5.56. The van der Waals surface area contributed by atoms with Gasteiger partial charge in [-0.15, -0.1) is 0 Å². The molecule has 5 rings (SSSR count). The van der Waals surface area contributed by atoms with E-state index in [9.17, 15) is 4.79 Å². The van der Waals surface area contributed by atoms with Crippen LogP contribution in [-0.2, 0) is 6.42 Å². The average molecular weight is 476 g/mol. The maximum absolute atomic E-state index is 13.6. The van der Waals surface area contributed by atoms with Crippen molar-refractivity contribution in [3.63, 3.8) is 0 Å². The van der Waals surface area contributed by atoms with Crippen molar-refractivity contribution in [2.75, 3.05) is 5.75 Å². The van der Waals surface area contributed by atoms with Crippen LogP contribution in [0.15, 0.2) is 63.3 Å². The Balaban J connectivity index is 1.33. The largest absolute Gasteiger partial charge is 0.339 e. The molecule has 3 heterocycles. The van der Waals surface area contributed by atoms with Crippen molar-refractivity contribution < 1.29 is 4.52 Å². The molecule has 0 saturated heterocycles. The number of aryl methyl sites for hydroxylation is 1. The Morgan fingerprint density at radius 3 is 2.76 bits per heavy atom. The molecule has 3 atom stereocenters. The summed E-state index contributed by atoms with van der Waals surface area (Å²) in [4.78, 5) is 27.0.